The van der Waals surface area contributed by atoms with Crippen LogP contribution in [0.4, 0.5) is 0 Å². The molecule has 0 spiro atoms. The highest BCUT2D eigenvalue weighted by Crippen LogP contribution is 2.27. The van der Waals surface area contributed by atoms with E-state index in [2.05, 4.69) is 122 Å². The molecule has 80 heavy (non-hydrogen) atoms. The fourth-order valence-electron chi connectivity index (χ4n) is 3.95. The van der Waals surface area contributed by atoms with Gasteiger partial charge in [-0.25, -0.2) is 0 Å². The summed E-state index contributed by atoms with van der Waals surface area (Å²) in [6, 6.07) is 20.9. The molecule has 1 aliphatic rings. The first kappa shape index (κ1) is 99.8. The zero-order valence-electron chi connectivity index (χ0n) is 55.3. The van der Waals surface area contributed by atoms with Crippen molar-refractivity contribution in [3.05, 3.63) is 106 Å². The Morgan fingerprint density at radius 2 is 0.700 bits per heavy atom. The van der Waals surface area contributed by atoms with Gasteiger partial charge in [-0.15, -0.1) is 0 Å². The van der Waals surface area contributed by atoms with Crippen molar-refractivity contribution in [3.8, 4) is 11.5 Å². The first-order valence-corrected chi connectivity index (χ1v) is 26.2. The molecule has 3 aromatic rings. The number of carbonyl (C=O) groups excluding carboxylic acids is 5. The van der Waals surface area contributed by atoms with Gasteiger partial charge in [0.2, 0.25) is 5.91 Å². The Balaban J connectivity index is -0.0000000735. The zero-order chi connectivity index (χ0) is 62.6. The molecule has 1 saturated carbocycles. The van der Waals surface area contributed by atoms with Crippen molar-refractivity contribution >= 4 is 34.9 Å². The number of methoxy groups -OCH3 is 4. The molecule has 0 bridgehead atoms. The van der Waals surface area contributed by atoms with E-state index in [9.17, 15) is 24.0 Å². The number of rotatable bonds is 4. The number of esters is 1. The summed E-state index contributed by atoms with van der Waals surface area (Å²) in [6.45, 7) is 41.1. The quantitative estimate of drug-likeness (QED) is 0.107. The molecule has 470 valence electrons. The Hall–Kier alpha value is -5.46. The number of ketones is 3. The second-order valence-electron chi connectivity index (χ2n) is 21.5. The number of amides is 1. The van der Waals surface area contributed by atoms with Crippen LogP contribution in [0, 0.1) is 38.0 Å². The summed E-state index contributed by atoms with van der Waals surface area (Å²) in [5.74, 6) is 3.76. The van der Waals surface area contributed by atoms with Crippen LogP contribution in [0.3, 0.4) is 0 Å². The molecule has 0 radical (unpaired) electrons. The van der Waals surface area contributed by atoms with Crippen molar-refractivity contribution in [2.75, 3.05) is 77.8 Å². The van der Waals surface area contributed by atoms with E-state index in [0.29, 0.717) is 16.5 Å². The molecule has 1 fully saturated rings. The van der Waals surface area contributed by atoms with E-state index in [1.807, 2.05) is 65.0 Å². The number of aliphatic imine (C=N–C) groups is 1. The van der Waals surface area contributed by atoms with Gasteiger partial charge in [-0.05, 0) is 146 Å². The van der Waals surface area contributed by atoms with Gasteiger partial charge in [-0.1, -0.05) is 160 Å². The van der Waals surface area contributed by atoms with Crippen molar-refractivity contribution in [2.45, 2.75) is 193 Å². The molecule has 12 heteroatoms. The van der Waals surface area contributed by atoms with E-state index >= 15 is 0 Å². The largest absolute Gasteiger partial charge is 0.497 e. The molecule has 0 saturated heterocycles. The molecule has 4 rings (SSSR count). The maximum atomic E-state index is 10.8. The van der Waals surface area contributed by atoms with E-state index in [4.69, 9.17) is 9.47 Å². The number of hydrogen-bond donors (Lipinski definition) is 0. The molecule has 12 nitrogen and oxygen atoms in total. The number of carbonyl (C=O) groups is 5. The van der Waals surface area contributed by atoms with Crippen LogP contribution in [0.25, 0.3) is 0 Å². The first-order chi connectivity index (χ1) is 35.1. The zero-order valence-corrected chi connectivity index (χ0v) is 55.3. The number of aryl methyl sites for hydroxylation is 3. The molecule has 1 amide bonds. The van der Waals surface area contributed by atoms with Crippen LogP contribution in [-0.4, -0.2) is 123 Å². The van der Waals surface area contributed by atoms with Gasteiger partial charge >= 0.3 is 5.97 Å². The lowest BCUT2D eigenvalue weighted by atomic mass is 9.84. The molecule has 0 heterocycles. The summed E-state index contributed by atoms with van der Waals surface area (Å²) in [4.78, 5) is 58.1. The Morgan fingerprint density at radius 1 is 0.500 bits per heavy atom. The third kappa shape index (κ3) is 101. The Bertz CT molecular complexity index is 1850. The molecular formula is C68H129N3O9. The predicted molar refractivity (Wildman–Crippen MR) is 354 cm³/mol. The van der Waals surface area contributed by atoms with Crippen molar-refractivity contribution < 1.29 is 42.9 Å². The van der Waals surface area contributed by atoms with Crippen molar-refractivity contribution in [1.29, 1.82) is 0 Å². The molecule has 1 aliphatic carbocycles. The minimum absolute atomic E-state index is 0. The summed E-state index contributed by atoms with van der Waals surface area (Å²) in [5, 5.41) is 0. The van der Waals surface area contributed by atoms with E-state index < -0.39 is 0 Å². The third-order valence-electron chi connectivity index (χ3n) is 9.08. The highest BCUT2D eigenvalue weighted by atomic mass is 16.5. The summed E-state index contributed by atoms with van der Waals surface area (Å²) < 4.78 is 18.5. The number of ether oxygens (including phenoxy) is 4. The molecular weight excluding hydrogens is 1000 g/mol. The van der Waals surface area contributed by atoms with Gasteiger partial charge < -0.3 is 33.5 Å². The lowest BCUT2D eigenvalue weighted by Gasteiger charge is -2.22. The molecule has 0 aliphatic heterocycles. The van der Waals surface area contributed by atoms with E-state index in [1.54, 1.807) is 73.8 Å². The van der Waals surface area contributed by atoms with Crippen LogP contribution in [0.5, 0.6) is 11.5 Å². The second kappa shape index (κ2) is 64.4. The summed E-state index contributed by atoms with van der Waals surface area (Å²) >= 11 is 0. The van der Waals surface area contributed by atoms with Gasteiger partial charge in [0, 0.05) is 72.1 Å². The maximum Gasteiger partial charge on any atom is 0.302 e. The average molecular weight is 1130 g/mol. The molecule has 0 aromatic heterocycles. The third-order valence-corrected chi connectivity index (χ3v) is 9.08. The summed E-state index contributed by atoms with van der Waals surface area (Å²) in [6.07, 6.45) is 5.89. The van der Waals surface area contributed by atoms with Crippen LogP contribution in [-0.2, 0) is 23.9 Å². The molecule has 3 aromatic carbocycles. The number of Topliss-reactive ketones (excluding diaryl/α,β-unsaturated/α-hetero) is 3. The van der Waals surface area contributed by atoms with Crippen LogP contribution in [0.15, 0.2) is 82.9 Å². The van der Waals surface area contributed by atoms with Crippen molar-refractivity contribution in [2.24, 2.45) is 22.2 Å². The maximum absolute atomic E-state index is 10.8. The predicted octanol–water partition coefficient (Wildman–Crippen LogP) is 18.0. The normalized spacial score (nSPS) is 11.4. The molecule has 0 atom stereocenters. The second-order valence-corrected chi connectivity index (χ2v) is 21.5. The van der Waals surface area contributed by atoms with Crippen molar-refractivity contribution in [1.82, 2.24) is 9.80 Å². The van der Waals surface area contributed by atoms with Gasteiger partial charge in [0.25, 0.3) is 0 Å². The number of hydrogen-bond acceptors (Lipinski definition) is 11. The smallest absolute Gasteiger partial charge is 0.302 e. The van der Waals surface area contributed by atoms with E-state index in [1.165, 1.54) is 102 Å². The van der Waals surface area contributed by atoms with Crippen molar-refractivity contribution in [3.63, 3.8) is 0 Å². The van der Waals surface area contributed by atoms with Crippen LogP contribution in [0.2, 0.25) is 0 Å². The number of allylic oxidation sites excluding steroid dienone is 2. The van der Waals surface area contributed by atoms with Gasteiger partial charge in [0.15, 0.2) is 11.6 Å². The van der Waals surface area contributed by atoms with Gasteiger partial charge in [0.05, 0.1) is 21.3 Å². The minimum Gasteiger partial charge on any atom is -0.497 e. The monoisotopic (exact) mass is 1130 g/mol. The van der Waals surface area contributed by atoms with E-state index in [0.717, 1.165) is 34.6 Å². The number of benzene rings is 3. The van der Waals surface area contributed by atoms with Gasteiger partial charge in [0.1, 0.15) is 17.3 Å². The van der Waals surface area contributed by atoms with Gasteiger partial charge in [-0.2, -0.15) is 0 Å². The Kier molecular flexibility index (Phi) is 80.3. The molecule has 0 N–H and O–H groups in total. The first-order valence-electron chi connectivity index (χ1n) is 26.2. The standard InChI is InChI=1S/C10H10O2.C9H12O2.C8H16.C8H10.C6H12.C5H12.C4H9NO.C4H9N.C3H9N.C3H6O2.C3H6O.C2H6O.3CH4/c1-7(11)9-3-5-10(6-4-9)8(2)12;1-7-4-8(10-2)6-9(5-7)11-3;2*1-7-3-5-8(2)6-4-7;1-5(2)6(3)4;1-5(2,3)4;1-4(6)5(2)3;1-4(2)5-3;1-4(2)3;1-3(4)5-2;1-3(2)4;1-3-2;;;/h3-6H,1-2H3;4-6H,1-3H3;7-8H,3-6H2,1-2H3;3-6H,1-2H3;1-4H3;1-4H3;1-3H3;1-3H3;1-3H3;1-2H3;1-2H3;1-2H3;3*1H4. The van der Waals surface area contributed by atoms with Crippen LogP contribution >= 0.6 is 0 Å². The SMILES string of the molecule is C.C.C.CC(=O)N(C)C.CC(=O)c1ccc(C(C)=O)cc1.CC(C)(C)C.CC(C)=C(C)C.CC(C)=O.CC1CCC(C)CC1.CN(C)C.CN=C(C)C.COC.COC(C)=O.COc1cc(C)cc(OC)c1.Cc1ccc(C)cc1. The topological polar surface area (TPSA) is 141 Å². The molecule has 0 unspecified atom stereocenters. The Morgan fingerprint density at radius 3 is 0.825 bits per heavy atom. The van der Waals surface area contributed by atoms with E-state index in [-0.39, 0.29) is 51.5 Å². The minimum atomic E-state index is -0.245. The summed E-state index contributed by atoms with van der Waals surface area (Å²) in [7, 11) is 19.1. The fourth-order valence-corrected chi connectivity index (χ4v) is 3.95. The average Bonchev–Trinajstić information content (AvgIpc) is 3.31. The lowest BCUT2D eigenvalue weighted by molar-refractivity contribution is -0.138. The Labute approximate surface area is 496 Å². The number of nitrogens with zero attached hydrogens (tertiary/aromatic N) is 3. The fraction of sp³-hybridized carbons (Fsp3) is 0.618. The highest BCUT2D eigenvalue weighted by Gasteiger charge is 2.13. The summed E-state index contributed by atoms with van der Waals surface area (Å²) in [5.41, 5.74) is 9.56. The van der Waals surface area contributed by atoms with Crippen LogP contribution < -0.4 is 9.47 Å². The van der Waals surface area contributed by atoms with Gasteiger partial charge in [-0.3, -0.25) is 24.2 Å². The lowest BCUT2D eigenvalue weighted by Crippen LogP contribution is -2.17. The van der Waals surface area contributed by atoms with Crippen LogP contribution in [0.1, 0.15) is 210 Å². The highest BCUT2D eigenvalue weighted by molar-refractivity contribution is 5.97.